The highest BCUT2D eigenvalue weighted by Gasteiger charge is 2.78. The first-order valence-electron chi connectivity index (χ1n) is 11.1. The van der Waals surface area contributed by atoms with Crippen molar-refractivity contribution in [2.24, 2.45) is 0 Å². The fourth-order valence-corrected chi connectivity index (χ4v) is 8.07. The molecule has 0 unspecified atom stereocenters. The number of rotatable bonds is 3. The Morgan fingerprint density at radius 1 is 1.20 bits per heavy atom. The summed E-state index contributed by atoms with van der Waals surface area (Å²) in [6.07, 6.45) is 4.93. The number of hydrogen-bond acceptors (Lipinski definition) is 7. The van der Waals surface area contributed by atoms with E-state index in [4.69, 9.17) is 16.6 Å². The van der Waals surface area contributed by atoms with Crippen molar-refractivity contribution in [3.63, 3.8) is 0 Å². The van der Waals surface area contributed by atoms with Gasteiger partial charge in [-0.3, -0.25) is 24.4 Å². The highest BCUT2D eigenvalue weighted by molar-refractivity contribution is 8.25. The Bertz CT molecular complexity index is 1370. The van der Waals surface area contributed by atoms with Crippen LogP contribution < -0.4 is 4.90 Å². The van der Waals surface area contributed by atoms with Gasteiger partial charge in [0, 0.05) is 43.2 Å². The van der Waals surface area contributed by atoms with Crippen LogP contribution >= 0.6 is 24.0 Å². The number of carbonyl (C=O) groups is 2. The second-order valence-electron chi connectivity index (χ2n) is 9.03. The molecule has 6 rings (SSSR count). The van der Waals surface area contributed by atoms with Gasteiger partial charge in [0.25, 0.3) is 5.91 Å². The molecule has 2 spiro atoms. The molecule has 1 aromatic carbocycles. The quantitative estimate of drug-likeness (QED) is 0.502. The highest BCUT2D eigenvalue weighted by atomic mass is 32.2. The third-order valence-corrected chi connectivity index (χ3v) is 9.34. The maximum atomic E-state index is 14.7. The Morgan fingerprint density at radius 2 is 2.03 bits per heavy atom. The van der Waals surface area contributed by atoms with Crippen LogP contribution in [0.3, 0.4) is 0 Å². The lowest BCUT2D eigenvalue weighted by molar-refractivity contribution is -0.139. The minimum atomic E-state index is -1.45. The van der Waals surface area contributed by atoms with Gasteiger partial charge in [0.2, 0.25) is 5.91 Å². The molecule has 0 radical (unpaired) electrons. The van der Waals surface area contributed by atoms with Crippen LogP contribution in [0.15, 0.2) is 65.5 Å². The van der Waals surface area contributed by atoms with Crippen molar-refractivity contribution < 1.29 is 18.4 Å². The maximum Gasteiger partial charge on any atom is 0.254 e. The normalized spacial score (nSPS) is 28.2. The lowest BCUT2D eigenvalue weighted by atomic mass is 9.72. The molecule has 5 heterocycles. The zero-order valence-electron chi connectivity index (χ0n) is 19.0. The number of benzene rings is 1. The molecule has 3 aliphatic heterocycles. The maximum absolute atomic E-state index is 14.7. The predicted octanol–water partition coefficient (Wildman–Crippen LogP) is 3.51. The van der Waals surface area contributed by atoms with Gasteiger partial charge in [0.15, 0.2) is 5.54 Å². The topological polar surface area (TPSA) is 69.9 Å². The summed E-state index contributed by atoms with van der Waals surface area (Å²) in [5, 5.41) is 0. The van der Waals surface area contributed by atoms with E-state index in [1.54, 1.807) is 43.9 Å². The minimum Gasteiger partial charge on any atom is -0.467 e. The van der Waals surface area contributed by atoms with Crippen LogP contribution in [0, 0.1) is 5.82 Å². The van der Waals surface area contributed by atoms with Crippen molar-refractivity contribution in [2.45, 2.75) is 22.7 Å². The predicted molar refractivity (Wildman–Crippen MR) is 133 cm³/mol. The van der Waals surface area contributed by atoms with Gasteiger partial charge in [-0.1, -0.05) is 30.0 Å². The lowest BCUT2D eigenvalue weighted by Gasteiger charge is -2.42. The van der Waals surface area contributed by atoms with Gasteiger partial charge >= 0.3 is 0 Å². The van der Waals surface area contributed by atoms with E-state index in [1.165, 1.54) is 33.7 Å². The number of furan rings is 1. The molecule has 7 nitrogen and oxygen atoms in total. The van der Waals surface area contributed by atoms with E-state index < -0.39 is 22.0 Å². The second-order valence-corrected chi connectivity index (χ2v) is 10.9. The van der Waals surface area contributed by atoms with E-state index in [2.05, 4.69) is 4.98 Å². The van der Waals surface area contributed by atoms with Gasteiger partial charge in [-0.25, -0.2) is 4.39 Å². The molecule has 3 atom stereocenters. The van der Waals surface area contributed by atoms with Crippen LogP contribution in [-0.4, -0.2) is 56.3 Å². The van der Waals surface area contributed by atoms with Crippen molar-refractivity contribution >= 4 is 45.8 Å². The van der Waals surface area contributed by atoms with E-state index in [0.717, 1.165) is 5.56 Å². The van der Waals surface area contributed by atoms with E-state index in [1.807, 2.05) is 24.1 Å². The van der Waals surface area contributed by atoms with Crippen LogP contribution in [0.4, 0.5) is 10.1 Å². The summed E-state index contributed by atoms with van der Waals surface area (Å²) in [6.45, 7) is 0.538. The number of amides is 2. The van der Waals surface area contributed by atoms with Crippen molar-refractivity contribution in [2.75, 3.05) is 25.5 Å². The van der Waals surface area contributed by atoms with Crippen LogP contribution in [-0.2, 0) is 21.7 Å². The Morgan fingerprint density at radius 3 is 2.74 bits per heavy atom. The summed E-state index contributed by atoms with van der Waals surface area (Å²) in [5.41, 5.74) is 0.421. The molecule has 3 aromatic rings. The Labute approximate surface area is 210 Å². The van der Waals surface area contributed by atoms with Crippen LogP contribution in [0.5, 0.6) is 0 Å². The van der Waals surface area contributed by atoms with Crippen molar-refractivity contribution in [3.05, 3.63) is 83.8 Å². The number of pyridine rings is 1. The number of anilines is 1. The van der Waals surface area contributed by atoms with E-state index >= 15 is 0 Å². The first-order valence-corrected chi connectivity index (χ1v) is 12.3. The van der Waals surface area contributed by atoms with Gasteiger partial charge in [-0.15, -0.1) is 0 Å². The number of fused-ring (bicyclic) bond motifs is 3. The Kier molecular flexibility index (Phi) is 4.93. The molecule has 0 saturated carbocycles. The molecule has 3 aliphatic rings. The smallest absolute Gasteiger partial charge is 0.254 e. The third kappa shape index (κ3) is 2.75. The van der Waals surface area contributed by atoms with E-state index in [0.29, 0.717) is 27.9 Å². The number of likely N-dealkylation sites (tertiary alicyclic amines) is 1. The summed E-state index contributed by atoms with van der Waals surface area (Å²) in [5.74, 6) is -0.885. The lowest BCUT2D eigenvalue weighted by Crippen LogP contribution is -2.62. The second kappa shape index (κ2) is 7.71. The molecule has 0 N–H and O–H groups in total. The average molecular weight is 509 g/mol. The number of aromatic nitrogens is 1. The van der Waals surface area contributed by atoms with Gasteiger partial charge in [0.05, 0.1) is 12.8 Å². The molecule has 0 aliphatic carbocycles. The molecule has 2 aromatic heterocycles. The number of thiocarbonyl (C=S) groups is 1. The summed E-state index contributed by atoms with van der Waals surface area (Å²) >= 11 is 6.96. The van der Waals surface area contributed by atoms with Crippen molar-refractivity contribution in [3.8, 4) is 0 Å². The van der Waals surface area contributed by atoms with Gasteiger partial charge in [0.1, 0.15) is 20.6 Å². The molecule has 2 fully saturated rings. The number of hydrogen-bond donors (Lipinski definition) is 0. The molecular formula is C25H21FN4O3S2. The largest absolute Gasteiger partial charge is 0.467 e. The first-order chi connectivity index (χ1) is 16.8. The number of likely N-dealkylation sites (N-methyl/N-ethyl adjacent to an activating group) is 2. The highest BCUT2D eigenvalue weighted by Crippen LogP contribution is 2.66. The summed E-state index contributed by atoms with van der Waals surface area (Å²) in [6, 6.07) is 11.6. The fourth-order valence-electron chi connectivity index (χ4n) is 5.95. The number of halogens is 1. The summed E-state index contributed by atoms with van der Waals surface area (Å²) in [4.78, 5) is 38.0. The van der Waals surface area contributed by atoms with Crippen molar-refractivity contribution in [1.82, 2.24) is 14.8 Å². The molecule has 2 saturated heterocycles. The molecule has 10 heteroatoms. The van der Waals surface area contributed by atoms with E-state index in [9.17, 15) is 14.0 Å². The standard InChI is InChI=1S/C25H21FN4O3S2/c1-28-14-19(15-5-3-9-27-12-15)25(22(32)30(23(34)35-25)13-17-6-4-10-33-17)24(28)18-11-16(26)7-8-20(18)29(2)21(24)31/h3-12,19H,13-14H2,1-2H3/t19-,24+,25-/m1/s1. The average Bonchev–Trinajstić information content (AvgIpc) is 3.57. The number of thioether (sulfide) groups is 1. The first kappa shape index (κ1) is 22.4. The minimum absolute atomic E-state index is 0.152. The molecule has 2 amide bonds. The van der Waals surface area contributed by atoms with Gasteiger partial charge in [-0.05, 0) is 49.0 Å². The number of carbonyl (C=O) groups excluding carboxylic acids is 2. The Balaban J connectivity index is 1.62. The molecular weight excluding hydrogens is 487 g/mol. The molecule has 35 heavy (non-hydrogen) atoms. The Hall–Kier alpha value is -3.08. The number of nitrogens with zero attached hydrogens (tertiary/aromatic N) is 4. The van der Waals surface area contributed by atoms with Crippen LogP contribution in [0.2, 0.25) is 0 Å². The zero-order valence-corrected chi connectivity index (χ0v) is 20.6. The van der Waals surface area contributed by atoms with Crippen molar-refractivity contribution in [1.29, 1.82) is 0 Å². The molecule has 0 bridgehead atoms. The summed E-state index contributed by atoms with van der Waals surface area (Å²) < 4.78 is 19.2. The summed E-state index contributed by atoms with van der Waals surface area (Å²) in [7, 11) is 3.48. The van der Waals surface area contributed by atoms with Gasteiger partial charge < -0.3 is 9.32 Å². The third-order valence-electron chi connectivity index (χ3n) is 7.39. The van der Waals surface area contributed by atoms with Crippen LogP contribution in [0.1, 0.15) is 22.8 Å². The zero-order chi connectivity index (χ0) is 24.5. The SMILES string of the molecule is CN1C(=O)[C@]2(c3cc(F)ccc31)N(C)C[C@H](c1cccnc1)[C@]21SC(=S)N(Cc2ccco2)C1=O. The monoisotopic (exact) mass is 508 g/mol. The fraction of sp³-hybridized carbons (Fsp3) is 0.280. The molecule has 178 valence electrons. The van der Waals surface area contributed by atoms with Crippen LogP contribution in [0.25, 0.3) is 0 Å². The van der Waals surface area contributed by atoms with Gasteiger partial charge in [-0.2, -0.15) is 0 Å². The van der Waals surface area contributed by atoms with E-state index in [-0.39, 0.29) is 18.4 Å².